The lowest BCUT2D eigenvalue weighted by Gasteiger charge is -2.18. The van der Waals surface area contributed by atoms with Gasteiger partial charge in [0, 0.05) is 37.7 Å². The van der Waals surface area contributed by atoms with E-state index in [1.54, 1.807) is 13.2 Å². The Morgan fingerprint density at radius 1 is 1.45 bits per heavy atom. The van der Waals surface area contributed by atoms with Crippen LogP contribution in [0.25, 0.3) is 0 Å². The number of hydrogen-bond acceptors (Lipinski definition) is 5. The van der Waals surface area contributed by atoms with Gasteiger partial charge >= 0.3 is 0 Å². The summed E-state index contributed by atoms with van der Waals surface area (Å²) in [4.78, 5) is 1.07. The van der Waals surface area contributed by atoms with Gasteiger partial charge in [-0.25, -0.2) is 8.42 Å². The predicted octanol–water partition coefficient (Wildman–Crippen LogP) is 1.66. The maximum Gasteiger partial charge on any atom is 0.252 e. The standard InChI is InChI=1S/C13H22N2O3S2/c1-3-15(8-9-18-2)20(16,17)13-7-6-12(19-13)10-14-11-4-5-11/h6-7,11,14H,3-5,8-10H2,1-2H3. The molecule has 1 aromatic rings. The number of rotatable bonds is 9. The van der Waals surface area contributed by atoms with Crippen LogP contribution in [0.4, 0.5) is 0 Å². The number of nitrogens with one attached hydrogen (secondary N) is 1. The Labute approximate surface area is 125 Å². The second kappa shape index (κ2) is 7.00. The van der Waals surface area contributed by atoms with Gasteiger partial charge in [0.1, 0.15) is 4.21 Å². The van der Waals surface area contributed by atoms with Crippen molar-refractivity contribution in [2.75, 3.05) is 26.8 Å². The Hall–Kier alpha value is -0.470. The van der Waals surface area contributed by atoms with Crippen molar-refractivity contribution in [3.05, 3.63) is 17.0 Å². The van der Waals surface area contributed by atoms with Crippen LogP contribution in [0.1, 0.15) is 24.6 Å². The fourth-order valence-electron chi connectivity index (χ4n) is 1.89. The summed E-state index contributed by atoms with van der Waals surface area (Å²) in [6.07, 6.45) is 2.47. The van der Waals surface area contributed by atoms with Crippen molar-refractivity contribution in [1.82, 2.24) is 9.62 Å². The van der Waals surface area contributed by atoms with Crippen LogP contribution >= 0.6 is 11.3 Å². The zero-order valence-corrected chi connectivity index (χ0v) is 13.6. The minimum absolute atomic E-state index is 0.392. The molecule has 1 aliphatic rings. The van der Waals surface area contributed by atoms with Gasteiger partial charge in [-0.2, -0.15) is 4.31 Å². The van der Waals surface area contributed by atoms with Crippen LogP contribution in [0.2, 0.25) is 0 Å². The minimum atomic E-state index is -3.38. The SMILES string of the molecule is CCN(CCOC)S(=O)(=O)c1ccc(CNC2CC2)s1. The fraction of sp³-hybridized carbons (Fsp3) is 0.692. The first kappa shape index (κ1) is 15.9. The third-order valence-electron chi connectivity index (χ3n) is 3.27. The van der Waals surface area contributed by atoms with E-state index in [0.29, 0.717) is 29.9 Å². The van der Waals surface area contributed by atoms with E-state index in [-0.39, 0.29) is 0 Å². The second-order valence-electron chi connectivity index (χ2n) is 4.87. The highest BCUT2D eigenvalue weighted by Gasteiger charge is 2.25. The van der Waals surface area contributed by atoms with Crippen LogP contribution in [0, 0.1) is 0 Å². The van der Waals surface area contributed by atoms with Crippen LogP contribution in [-0.2, 0) is 21.3 Å². The molecule has 0 aliphatic heterocycles. The average Bonchev–Trinajstić information content (AvgIpc) is 3.13. The first-order valence-electron chi connectivity index (χ1n) is 6.89. The highest BCUT2D eigenvalue weighted by molar-refractivity contribution is 7.91. The molecule has 1 aliphatic carbocycles. The minimum Gasteiger partial charge on any atom is -0.383 e. The van der Waals surface area contributed by atoms with Crippen molar-refractivity contribution in [2.45, 2.75) is 36.6 Å². The monoisotopic (exact) mass is 318 g/mol. The summed E-state index contributed by atoms with van der Waals surface area (Å²) in [6, 6.07) is 4.24. The topological polar surface area (TPSA) is 58.6 Å². The quantitative estimate of drug-likeness (QED) is 0.752. The number of ether oxygens (including phenoxy) is 1. The first-order chi connectivity index (χ1) is 9.57. The van der Waals surface area contributed by atoms with Crippen LogP contribution in [-0.4, -0.2) is 45.6 Å². The Morgan fingerprint density at radius 2 is 2.20 bits per heavy atom. The molecular formula is C13H22N2O3S2. The zero-order valence-electron chi connectivity index (χ0n) is 12.0. The van der Waals surface area contributed by atoms with E-state index >= 15 is 0 Å². The molecule has 114 valence electrons. The molecule has 0 amide bonds. The summed E-state index contributed by atoms with van der Waals surface area (Å²) in [5, 5.41) is 3.40. The highest BCUT2D eigenvalue weighted by atomic mass is 32.2. The molecule has 0 radical (unpaired) electrons. The molecule has 0 spiro atoms. The van der Waals surface area contributed by atoms with Gasteiger partial charge in [-0.3, -0.25) is 0 Å². The van der Waals surface area contributed by atoms with Gasteiger partial charge in [0.2, 0.25) is 0 Å². The Bertz CT molecular complexity index is 523. The van der Waals surface area contributed by atoms with E-state index in [9.17, 15) is 8.42 Å². The molecule has 0 bridgehead atoms. The van der Waals surface area contributed by atoms with E-state index in [1.165, 1.54) is 28.5 Å². The maximum atomic E-state index is 12.5. The highest BCUT2D eigenvalue weighted by Crippen LogP contribution is 2.26. The molecular weight excluding hydrogens is 296 g/mol. The molecule has 0 saturated heterocycles. The lowest BCUT2D eigenvalue weighted by Crippen LogP contribution is -2.33. The van der Waals surface area contributed by atoms with E-state index in [1.807, 2.05) is 13.0 Å². The van der Waals surface area contributed by atoms with Gasteiger partial charge in [-0.1, -0.05) is 6.92 Å². The molecule has 2 rings (SSSR count). The normalized spacial score (nSPS) is 15.9. The molecule has 1 aromatic heterocycles. The van der Waals surface area contributed by atoms with Crippen molar-refractivity contribution in [3.8, 4) is 0 Å². The third kappa shape index (κ3) is 4.02. The molecule has 5 nitrogen and oxygen atoms in total. The van der Waals surface area contributed by atoms with E-state index in [0.717, 1.165) is 11.4 Å². The summed E-state index contributed by atoms with van der Waals surface area (Å²) in [5.74, 6) is 0. The van der Waals surface area contributed by atoms with Crippen LogP contribution in [0.5, 0.6) is 0 Å². The number of thiophene rings is 1. The lowest BCUT2D eigenvalue weighted by atomic mass is 10.4. The zero-order chi connectivity index (χ0) is 14.6. The van der Waals surface area contributed by atoms with Gasteiger partial charge < -0.3 is 10.1 Å². The molecule has 20 heavy (non-hydrogen) atoms. The van der Waals surface area contributed by atoms with Crippen molar-refractivity contribution < 1.29 is 13.2 Å². The second-order valence-corrected chi connectivity index (χ2v) is 8.20. The molecule has 1 N–H and O–H groups in total. The number of methoxy groups -OCH3 is 1. The first-order valence-corrected chi connectivity index (χ1v) is 9.14. The van der Waals surface area contributed by atoms with Gasteiger partial charge in [-0.05, 0) is 25.0 Å². The van der Waals surface area contributed by atoms with E-state index in [2.05, 4.69) is 5.32 Å². The molecule has 0 unspecified atom stereocenters. The molecule has 0 aromatic carbocycles. The average molecular weight is 318 g/mol. The molecule has 1 heterocycles. The summed E-state index contributed by atoms with van der Waals surface area (Å²) in [6.45, 7) is 3.86. The Morgan fingerprint density at radius 3 is 2.80 bits per heavy atom. The van der Waals surface area contributed by atoms with Crippen molar-refractivity contribution in [3.63, 3.8) is 0 Å². The van der Waals surface area contributed by atoms with Gasteiger partial charge in [0.05, 0.1) is 6.61 Å². The van der Waals surface area contributed by atoms with Crippen molar-refractivity contribution in [1.29, 1.82) is 0 Å². The summed E-state index contributed by atoms with van der Waals surface area (Å²) in [5.41, 5.74) is 0. The Balaban J connectivity index is 2.03. The maximum absolute atomic E-state index is 12.5. The van der Waals surface area contributed by atoms with Crippen molar-refractivity contribution in [2.24, 2.45) is 0 Å². The van der Waals surface area contributed by atoms with Gasteiger partial charge in [0.15, 0.2) is 0 Å². The van der Waals surface area contributed by atoms with Crippen molar-refractivity contribution >= 4 is 21.4 Å². The van der Waals surface area contributed by atoms with Gasteiger partial charge in [-0.15, -0.1) is 11.3 Å². The Kier molecular flexibility index (Phi) is 5.57. The van der Waals surface area contributed by atoms with Crippen LogP contribution in [0.3, 0.4) is 0 Å². The fourth-order valence-corrected chi connectivity index (χ4v) is 4.79. The summed E-state index contributed by atoms with van der Waals surface area (Å²) in [7, 11) is -1.80. The van der Waals surface area contributed by atoms with E-state index < -0.39 is 10.0 Å². The largest absolute Gasteiger partial charge is 0.383 e. The lowest BCUT2D eigenvalue weighted by molar-refractivity contribution is 0.180. The number of likely N-dealkylation sites (N-methyl/N-ethyl adjacent to an activating group) is 1. The molecule has 0 atom stereocenters. The smallest absolute Gasteiger partial charge is 0.252 e. The molecule has 1 saturated carbocycles. The third-order valence-corrected chi connectivity index (χ3v) is 6.80. The summed E-state index contributed by atoms with van der Waals surface area (Å²) >= 11 is 1.35. The number of nitrogens with zero attached hydrogens (tertiary/aromatic N) is 1. The van der Waals surface area contributed by atoms with Crippen LogP contribution < -0.4 is 5.32 Å². The number of sulfonamides is 1. The van der Waals surface area contributed by atoms with E-state index in [4.69, 9.17) is 4.74 Å². The summed E-state index contributed by atoms with van der Waals surface area (Å²) < 4.78 is 31.8. The van der Waals surface area contributed by atoms with Gasteiger partial charge in [0.25, 0.3) is 10.0 Å². The number of hydrogen-bond donors (Lipinski definition) is 1. The van der Waals surface area contributed by atoms with Crippen LogP contribution in [0.15, 0.2) is 16.3 Å². The molecule has 1 fully saturated rings. The molecule has 7 heteroatoms. The predicted molar refractivity (Wildman–Crippen MR) is 80.5 cm³/mol.